The Bertz CT molecular complexity index is 990. The number of thiocarbonyl (C=S) groups is 1. The number of halogens is 2. The highest BCUT2D eigenvalue weighted by Crippen LogP contribution is 2.33. The van der Waals surface area contributed by atoms with Crippen molar-refractivity contribution in [3.8, 4) is 5.75 Å². The number of amides is 1. The van der Waals surface area contributed by atoms with Crippen LogP contribution in [0.15, 0.2) is 47.4 Å². The molecule has 5 nitrogen and oxygen atoms in total. The molecule has 0 aromatic heterocycles. The van der Waals surface area contributed by atoms with E-state index in [1.165, 1.54) is 28.8 Å². The fraction of sp³-hybridized carbons (Fsp3) is 0.190. The van der Waals surface area contributed by atoms with E-state index in [1.54, 1.807) is 36.4 Å². The molecule has 0 aliphatic carbocycles. The second-order valence-electron chi connectivity index (χ2n) is 6.39. The molecule has 30 heavy (non-hydrogen) atoms. The van der Waals surface area contributed by atoms with Gasteiger partial charge in [0.05, 0.1) is 9.93 Å². The molecule has 2 aromatic rings. The van der Waals surface area contributed by atoms with Crippen LogP contribution in [0.5, 0.6) is 5.75 Å². The lowest BCUT2D eigenvalue weighted by Gasteiger charge is -2.13. The summed E-state index contributed by atoms with van der Waals surface area (Å²) in [6.45, 7) is 0.277. The Morgan fingerprint density at radius 2 is 2.00 bits per heavy atom. The van der Waals surface area contributed by atoms with Gasteiger partial charge in [0.15, 0.2) is 0 Å². The molecule has 1 aliphatic heterocycles. The standard InChI is InChI=1S/C21H17ClFNO4S2/c22-16-3-1-4-17(23)15(16)12-28-14-8-6-13(7-9-14)11-18-20(27)24(21(29)30-18)10-2-5-19(25)26/h1,3-4,6-9,11H,2,5,10,12H2,(H,25,26)/b18-11+. The number of carboxylic acids is 1. The van der Waals surface area contributed by atoms with Gasteiger partial charge >= 0.3 is 5.97 Å². The highest BCUT2D eigenvalue weighted by Gasteiger charge is 2.31. The van der Waals surface area contributed by atoms with Crippen LogP contribution in [-0.2, 0) is 16.2 Å². The lowest BCUT2D eigenvalue weighted by atomic mass is 10.2. The smallest absolute Gasteiger partial charge is 0.303 e. The Labute approximate surface area is 187 Å². The minimum Gasteiger partial charge on any atom is -0.489 e. The Morgan fingerprint density at radius 3 is 2.67 bits per heavy atom. The maximum absolute atomic E-state index is 13.8. The van der Waals surface area contributed by atoms with Gasteiger partial charge < -0.3 is 9.84 Å². The number of thioether (sulfide) groups is 1. The van der Waals surface area contributed by atoms with E-state index >= 15 is 0 Å². The van der Waals surface area contributed by atoms with E-state index in [0.717, 1.165) is 5.56 Å². The molecule has 1 N–H and O–H groups in total. The van der Waals surface area contributed by atoms with Crippen molar-refractivity contribution in [3.05, 3.63) is 69.3 Å². The van der Waals surface area contributed by atoms with Crippen molar-refractivity contribution >= 4 is 57.9 Å². The normalized spacial score (nSPS) is 15.1. The van der Waals surface area contributed by atoms with Gasteiger partial charge in [-0.05, 0) is 42.3 Å². The highest BCUT2D eigenvalue weighted by atomic mass is 35.5. The molecule has 3 rings (SSSR count). The second-order valence-corrected chi connectivity index (χ2v) is 8.47. The number of carbonyl (C=O) groups is 2. The number of hydrogen-bond donors (Lipinski definition) is 1. The van der Waals surface area contributed by atoms with Crippen molar-refractivity contribution in [2.75, 3.05) is 6.54 Å². The molecule has 0 unspecified atom stereocenters. The van der Waals surface area contributed by atoms with Crippen molar-refractivity contribution < 1.29 is 23.8 Å². The zero-order chi connectivity index (χ0) is 21.7. The van der Waals surface area contributed by atoms with Crippen LogP contribution < -0.4 is 4.74 Å². The summed E-state index contributed by atoms with van der Waals surface area (Å²) < 4.78 is 19.8. The van der Waals surface area contributed by atoms with Crippen LogP contribution in [0, 0.1) is 5.82 Å². The van der Waals surface area contributed by atoms with E-state index < -0.39 is 11.8 Å². The molecule has 1 fully saturated rings. The van der Waals surface area contributed by atoms with Crippen LogP contribution in [0.4, 0.5) is 4.39 Å². The molecular formula is C21H17ClFNO4S2. The topological polar surface area (TPSA) is 66.8 Å². The molecule has 0 bridgehead atoms. The van der Waals surface area contributed by atoms with Crippen molar-refractivity contribution in [2.45, 2.75) is 19.4 Å². The first-order valence-electron chi connectivity index (χ1n) is 8.98. The Morgan fingerprint density at radius 1 is 1.27 bits per heavy atom. The first-order valence-corrected chi connectivity index (χ1v) is 10.6. The van der Waals surface area contributed by atoms with Gasteiger partial charge in [-0.3, -0.25) is 14.5 Å². The molecule has 0 saturated carbocycles. The first-order chi connectivity index (χ1) is 14.3. The van der Waals surface area contributed by atoms with Gasteiger partial charge in [0.2, 0.25) is 0 Å². The quantitative estimate of drug-likeness (QED) is 0.431. The SMILES string of the molecule is O=C(O)CCCN1C(=O)/C(=C\c2ccc(OCc3c(F)cccc3Cl)cc2)SC1=S. The molecule has 0 spiro atoms. The molecule has 2 aromatic carbocycles. The zero-order valence-electron chi connectivity index (χ0n) is 15.6. The predicted octanol–water partition coefficient (Wildman–Crippen LogP) is 5.12. The first kappa shape index (κ1) is 22.3. The van der Waals surface area contributed by atoms with Gasteiger partial charge in [-0.1, -0.05) is 53.8 Å². The molecular weight excluding hydrogens is 449 g/mol. The third-order valence-corrected chi connectivity index (χ3v) is 6.00. The van der Waals surface area contributed by atoms with E-state index in [-0.39, 0.29) is 31.0 Å². The fourth-order valence-corrected chi connectivity index (χ4v) is 4.24. The lowest BCUT2D eigenvalue weighted by Crippen LogP contribution is -2.29. The summed E-state index contributed by atoms with van der Waals surface area (Å²) >= 11 is 12.4. The minimum absolute atomic E-state index is 0.000145. The van der Waals surface area contributed by atoms with Crippen molar-refractivity contribution in [1.29, 1.82) is 0 Å². The van der Waals surface area contributed by atoms with Crippen molar-refractivity contribution in [2.24, 2.45) is 0 Å². The summed E-state index contributed by atoms with van der Waals surface area (Å²) in [7, 11) is 0. The minimum atomic E-state index is -0.907. The number of rotatable bonds is 8. The van der Waals surface area contributed by atoms with Crippen LogP contribution in [0.2, 0.25) is 5.02 Å². The molecule has 1 heterocycles. The summed E-state index contributed by atoms with van der Waals surface area (Å²) in [5.41, 5.74) is 1.06. The summed E-state index contributed by atoms with van der Waals surface area (Å²) in [5.74, 6) is -1.03. The second kappa shape index (κ2) is 10.1. The maximum atomic E-state index is 13.8. The molecule has 0 radical (unpaired) electrons. The Kier molecular flexibility index (Phi) is 7.47. The number of aliphatic carboxylic acids is 1. The van der Waals surface area contributed by atoms with Crippen molar-refractivity contribution in [1.82, 2.24) is 4.90 Å². The number of ether oxygens (including phenoxy) is 1. The summed E-state index contributed by atoms with van der Waals surface area (Å²) in [4.78, 5) is 25.1. The van der Waals surface area contributed by atoms with Gasteiger partial charge in [0.1, 0.15) is 22.5 Å². The number of benzene rings is 2. The largest absolute Gasteiger partial charge is 0.489 e. The molecule has 9 heteroatoms. The van der Waals surface area contributed by atoms with Gasteiger partial charge in [-0.2, -0.15) is 0 Å². The van der Waals surface area contributed by atoms with Gasteiger partial charge in [-0.25, -0.2) is 4.39 Å². The van der Waals surface area contributed by atoms with Crippen molar-refractivity contribution in [3.63, 3.8) is 0 Å². The number of carboxylic acid groups (broad SMARTS) is 1. The van der Waals surface area contributed by atoms with E-state index in [4.69, 9.17) is 33.7 Å². The van der Waals surface area contributed by atoms with E-state index in [9.17, 15) is 14.0 Å². The third-order valence-electron chi connectivity index (χ3n) is 4.27. The molecule has 1 aliphatic rings. The Balaban J connectivity index is 1.62. The molecule has 156 valence electrons. The Hall–Kier alpha value is -2.42. The molecule has 1 amide bonds. The highest BCUT2D eigenvalue weighted by molar-refractivity contribution is 8.26. The van der Waals surface area contributed by atoms with Crippen LogP contribution in [-0.4, -0.2) is 32.7 Å². The number of nitrogens with zero attached hydrogens (tertiary/aromatic N) is 1. The van der Waals surface area contributed by atoms with Gasteiger partial charge in [0, 0.05) is 18.5 Å². The summed E-state index contributed by atoms with van der Waals surface area (Å²) in [5, 5.41) is 9.03. The van der Waals surface area contributed by atoms with Crippen LogP contribution in [0.1, 0.15) is 24.0 Å². The summed E-state index contributed by atoms with van der Waals surface area (Å²) in [6, 6.07) is 11.4. The molecule has 1 saturated heterocycles. The number of hydrogen-bond acceptors (Lipinski definition) is 5. The number of carbonyl (C=O) groups excluding carboxylic acids is 1. The van der Waals surface area contributed by atoms with Crippen LogP contribution in [0.3, 0.4) is 0 Å². The average molecular weight is 466 g/mol. The fourth-order valence-electron chi connectivity index (χ4n) is 2.72. The predicted molar refractivity (Wildman–Crippen MR) is 119 cm³/mol. The van der Waals surface area contributed by atoms with E-state index in [2.05, 4.69) is 0 Å². The third kappa shape index (κ3) is 5.59. The van der Waals surface area contributed by atoms with Gasteiger partial charge in [-0.15, -0.1) is 0 Å². The monoisotopic (exact) mass is 465 g/mol. The maximum Gasteiger partial charge on any atom is 0.303 e. The van der Waals surface area contributed by atoms with Crippen LogP contribution >= 0.6 is 35.6 Å². The molecule has 0 atom stereocenters. The van der Waals surface area contributed by atoms with Crippen LogP contribution in [0.25, 0.3) is 6.08 Å². The zero-order valence-corrected chi connectivity index (χ0v) is 18.0. The lowest BCUT2D eigenvalue weighted by molar-refractivity contribution is -0.137. The average Bonchev–Trinajstić information content (AvgIpc) is 2.96. The van der Waals surface area contributed by atoms with Gasteiger partial charge in [0.25, 0.3) is 5.91 Å². The summed E-state index contributed by atoms with van der Waals surface area (Å²) in [6.07, 6.45) is 2.04. The van der Waals surface area contributed by atoms with E-state index in [0.29, 0.717) is 26.4 Å². The van der Waals surface area contributed by atoms with E-state index in [1.807, 2.05) is 0 Å².